The van der Waals surface area contributed by atoms with Gasteiger partial charge >= 0.3 is 5.97 Å². The van der Waals surface area contributed by atoms with Crippen LogP contribution in [0.1, 0.15) is 39.3 Å². The first-order valence-corrected chi connectivity index (χ1v) is 9.23. The quantitative estimate of drug-likeness (QED) is 0.582. The maximum Gasteiger partial charge on any atom is 0.360 e. The second kappa shape index (κ2) is 8.83. The number of benzene rings is 1. The largest absolute Gasteiger partial charge is 0.485 e. The van der Waals surface area contributed by atoms with Crippen molar-refractivity contribution in [2.45, 2.75) is 27.0 Å². The molecule has 0 aliphatic rings. The van der Waals surface area contributed by atoms with E-state index in [0.29, 0.717) is 23.1 Å². The molecule has 1 aromatic carbocycles. The number of rotatable bonds is 7. The van der Waals surface area contributed by atoms with Gasteiger partial charge in [0.1, 0.15) is 18.1 Å². The predicted molar refractivity (Wildman–Crippen MR) is 106 cm³/mol. The molecule has 0 bridgehead atoms. The van der Waals surface area contributed by atoms with Crippen molar-refractivity contribution in [3.05, 3.63) is 64.3 Å². The number of aromatic nitrogens is 2. The van der Waals surface area contributed by atoms with E-state index in [1.165, 1.54) is 17.9 Å². The number of hydrogen-bond acceptors (Lipinski definition) is 6. The molecule has 1 N–H and O–H groups in total. The number of hydrogen-bond donors (Lipinski definition) is 1. The Hall–Kier alpha value is -3.26. The molecule has 0 aliphatic carbocycles. The van der Waals surface area contributed by atoms with Gasteiger partial charge in [-0.2, -0.15) is 5.10 Å². The number of furan rings is 1. The third kappa shape index (κ3) is 4.78. The summed E-state index contributed by atoms with van der Waals surface area (Å²) in [5, 5.41) is 7.35. The minimum Gasteiger partial charge on any atom is -0.485 e. The first kappa shape index (κ1) is 20.5. The highest BCUT2D eigenvalue weighted by atomic mass is 35.5. The summed E-state index contributed by atoms with van der Waals surface area (Å²) in [5.41, 5.74) is 1.16. The lowest BCUT2D eigenvalue weighted by molar-refractivity contribution is 0.0594. The van der Waals surface area contributed by atoms with Gasteiger partial charge in [-0.3, -0.25) is 9.48 Å². The number of carbonyl (C=O) groups is 2. The van der Waals surface area contributed by atoms with Crippen LogP contribution in [0.3, 0.4) is 0 Å². The highest BCUT2D eigenvalue weighted by Crippen LogP contribution is 2.23. The number of carbonyl (C=O) groups excluding carboxylic acids is 2. The SMILES string of the molecule is CCn1cc(NC(=O)c2ccc(COc3ccc(Cl)cc3C)o2)c(C(=O)OC)n1. The molecule has 0 unspecified atom stereocenters. The summed E-state index contributed by atoms with van der Waals surface area (Å²) in [6.45, 7) is 4.43. The number of halogens is 1. The Morgan fingerprint density at radius 1 is 1.28 bits per heavy atom. The first-order chi connectivity index (χ1) is 13.9. The van der Waals surface area contributed by atoms with Gasteiger partial charge in [-0.25, -0.2) is 4.79 Å². The van der Waals surface area contributed by atoms with Gasteiger partial charge < -0.3 is 19.2 Å². The first-order valence-electron chi connectivity index (χ1n) is 8.86. The van der Waals surface area contributed by atoms with E-state index in [1.54, 1.807) is 30.5 Å². The van der Waals surface area contributed by atoms with Crippen LogP contribution in [0, 0.1) is 6.92 Å². The van der Waals surface area contributed by atoms with Crippen molar-refractivity contribution in [1.82, 2.24) is 9.78 Å². The van der Waals surface area contributed by atoms with Crippen molar-refractivity contribution in [3.63, 3.8) is 0 Å². The lowest BCUT2D eigenvalue weighted by Crippen LogP contribution is -2.14. The van der Waals surface area contributed by atoms with E-state index in [4.69, 9.17) is 25.5 Å². The molecule has 0 spiro atoms. The van der Waals surface area contributed by atoms with Crippen LogP contribution < -0.4 is 10.1 Å². The van der Waals surface area contributed by atoms with E-state index in [-0.39, 0.29) is 23.7 Å². The van der Waals surface area contributed by atoms with Crippen LogP contribution in [0.15, 0.2) is 40.9 Å². The summed E-state index contributed by atoms with van der Waals surface area (Å²) in [6, 6.07) is 8.49. The number of esters is 1. The molecule has 3 aromatic rings. The van der Waals surface area contributed by atoms with Crippen molar-refractivity contribution in [2.75, 3.05) is 12.4 Å². The lowest BCUT2D eigenvalue weighted by atomic mass is 10.2. The Kier molecular flexibility index (Phi) is 6.23. The summed E-state index contributed by atoms with van der Waals surface area (Å²) in [6.07, 6.45) is 1.56. The van der Waals surface area contributed by atoms with Gasteiger partial charge in [0.15, 0.2) is 11.5 Å². The topological polar surface area (TPSA) is 95.6 Å². The summed E-state index contributed by atoms with van der Waals surface area (Å²) in [5.74, 6) is 0.0732. The molecule has 0 atom stereocenters. The van der Waals surface area contributed by atoms with Crippen LogP contribution in [0.4, 0.5) is 5.69 Å². The number of methoxy groups -OCH3 is 1. The lowest BCUT2D eigenvalue weighted by Gasteiger charge is -2.07. The number of ether oxygens (including phenoxy) is 2. The average molecular weight is 418 g/mol. The zero-order valence-electron chi connectivity index (χ0n) is 16.2. The van der Waals surface area contributed by atoms with Crippen LogP contribution in [0.2, 0.25) is 5.02 Å². The van der Waals surface area contributed by atoms with Crippen molar-refractivity contribution in [3.8, 4) is 5.75 Å². The minimum atomic E-state index is -0.639. The average Bonchev–Trinajstić information content (AvgIpc) is 3.33. The van der Waals surface area contributed by atoms with Gasteiger partial charge in [-0.15, -0.1) is 0 Å². The smallest absolute Gasteiger partial charge is 0.360 e. The number of nitrogens with zero attached hydrogens (tertiary/aromatic N) is 2. The fourth-order valence-corrected chi connectivity index (χ4v) is 2.83. The molecule has 152 valence electrons. The zero-order valence-corrected chi connectivity index (χ0v) is 16.9. The van der Waals surface area contributed by atoms with Crippen molar-refractivity contribution in [2.24, 2.45) is 0 Å². The summed E-state index contributed by atoms with van der Waals surface area (Å²) < 4.78 is 17.5. The van der Waals surface area contributed by atoms with E-state index in [9.17, 15) is 9.59 Å². The molecule has 0 fully saturated rings. The number of nitrogens with one attached hydrogen (secondary N) is 1. The molecule has 9 heteroatoms. The van der Waals surface area contributed by atoms with Crippen LogP contribution >= 0.6 is 11.6 Å². The molecule has 1 amide bonds. The van der Waals surface area contributed by atoms with Gasteiger partial charge in [0.05, 0.1) is 12.8 Å². The standard InChI is InChI=1S/C20H20ClN3O5/c1-4-24-10-15(18(23-24)20(26)27-3)22-19(25)17-8-6-14(29-17)11-28-16-7-5-13(21)9-12(16)2/h5-10H,4,11H2,1-3H3,(H,22,25). The molecule has 3 rings (SSSR count). The Morgan fingerprint density at radius 3 is 2.76 bits per heavy atom. The maximum atomic E-state index is 12.5. The third-order valence-corrected chi connectivity index (χ3v) is 4.34. The fraction of sp³-hybridized carbons (Fsp3) is 0.250. The molecule has 0 radical (unpaired) electrons. The third-order valence-electron chi connectivity index (χ3n) is 4.10. The molecule has 2 aromatic heterocycles. The number of aryl methyl sites for hydroxylation is 2. The number of amides is 1. The molecule has 29 heavy (non-hydrogen) atoms. The fourth-order valence-electron chi connectivity index (χ4n) is 2.61. The van der Waals surface area contributed by atoms with E-state index < -0.39 is 11.9 Å². The van der Waals surface area contributed by atoms with Gasteiger partial charge in [0.2, 0.25) is 0 Å². The van der Waals surface area contributed by atoms with E-state index in [2.05, 4.69) is 10.4 Å². The van der Waals surface area contributed by atoms with Crippen LogP contribution in [-0.4, -0.2) is 28.8 Å². The van der Waals surface area contributed by atoms with Gasteiger partial charge in [0.25, 0.3) is 5.91 Å². The molecule has 0 saturated carbocycles. The Balaban J connectivity index is 1.68. The highest BCUT2D eigenvalue weighted by molar-refractivity contribution is 6.30. The van der Waals surface area contributed by atoms with Crippen molar-refractivity contribution >= 4 is 29.2 Å². The maximum absolute atomic E-state index is 12.5. The molecular weight excluding hydrogens is 398 g/mol. The molecular formula is C20H20ClN3O5. The molecule has 8 nitrogen and oxygen atoms in total. The second-order valence-electron chi connectivity index (χ2n) is 6.16. The summed E-state index contributed by atoms with van der Waals surface area (Å²) >= 11 is 5.94. The molecule has 0 aliphatic heterocycles. The van der Waals surface area contributed by atoms with Crippen LogP contribution in [-0.2, 0) is 17.9 Å². The highest BCUT2D eigenvalue weighted by Gasteiger charge is 2.21. The molecule has 2 heterocycles. The summed E-state index contributed by atoms with van der Waals surface area (Å²) in [4.78, 5) is 24.4. The number of anilines is 1. The van der Waals surface area contributed by atoms with Crippen molar-refractivity contribution < 1.29 is 23.5 Å². The minimum absolute atomic E-state index is 0.0241. The zero-order chi connectivity index (χ0) is 21.0. The Morgan fingerprint density at radius 2 is 2.07 bits per heavy atom. The normalized spacial score (nSPS) is 10.6. The summed E-state index contributed by atoms with van der Waals surface area (Å²) in [7, 11) is 1.25. The van der Waals surface area contributed by atoms with E-state index in [1.807, 2.05) is 13.8 Å². The van der Waals surface area contributed by atoms with E-state index in [0.717, 1.165) is 5.56 Å². The Labute approximate surface area is 172 Å². The van der Waals surface area contributed by atoms with Crippen LogP contribution in [0.5, 0.6) is 5.75 Å². The van der Waals surface area contributed by atoms with Crippen LogP contribution in [0.25, 0.3) is 0 Å². The Bertz CT molecular complexity index is 1040. The van der Waals surface area contributed by atoms with Gasteiger partial charge in [0, 0.05) is 17.8 Å². The van der Waals surface area contributed by atoms with Crippen molar-refractivity contribution in [1.29, 1.82) is 0 Å². The second-order valence-corrected chi connectivity index (χ2v) is 6.59. The van der Waals surface area contributed by atoms with Gasteiger partial charge in [-0.05, 0) is 49.7 Å². The van der Waals surface area contributed by atoms with E-state index >= 15 is 0 Å². The predicted octanol–water partition coefficient (Wildman–Crippen LogP) is 4.08. The van der Waals surface area contributed by atoms with Gasteiger partial charge in [-0.1, -0.05) is 11.6 Å². The monoisotopic (exact) mass is 417 g/mol. The molecule has 0 saturated heterocycles.